The van der Waals surface area contributed by atoms with E-state index in [1.54, 1.807) is 0 Å². The van der Waals surface area contributed by atoms with Crippen molar-refractivity contribution in [2.45, 2.75) is 58.8 Å². The standard InChI is InChI=1S/C12H23/c1-4-12(3,5-2)11-9-7-6-8-10-11/h11H,3-10H2,1-2H3. The van der Waals surface area contributed by atoms with E-state index in [0.717, 1.165) is 5.92 Å². The summed E-state index contributed by atoms with van der Waals surface area (Å²) >= 11 is 0. The van der Waals surface area contributed by atoms with E-state index in [4.69, 9.17) is 0 Å². The van der Waals surface area contributed by atoms with E-state index in [9.17, 15) is 0 Å². The molecule has 0 spiro atoms. The molecule has 0 heterocycles. The Morgan fingerprint density at radius 2 is 1.58 bits per heavy atom. The van der Waals surface area contributed by atoms with Crippen LogP contribution in [0.4, 0.5) is 0 Å². The van der Waals surface area contributed by atoms with Crippen LogP contribution in [0.25, 0.3) is 0 Å². The number of hydrogen-bond acceptors (Lipinski definition) is 0. The molecule has 0 saturated heterocycles. The zero-order valence-corrected chi connectivity index (χ0v) is 8.73. The first-order chi connectivity index (χ1) is 5.73. The first-order valence-electron chi connectivity index (χ1n) is 5.58. The summed E-state index contributed by atoms with van der Waals surface area (Å²) in [5.41, 5.74) is 0.403. The molecule has 0 aromatic carbocycles. The molecular weight excluding hydrogens is 144 g/mol. The lowest BCUT2D eigenvalue weighted by molar-refractivity contribution is 0.155. The monoisotopic (exact) mass is 167 g/mol. The quantitative estimate of drug-likeness (QED) is 0.590. The van der Waals surface area contributed by atoms with Crippen molar-refractivity contribution >= 4 is 0 Å². The zero-order chi connectivity index (χ0) is 9.03. The van der Waals surface area contributed by atoms with E-state index in [0.29, 0.717) is 5.41 Å². The van der Waals surface area contributed by atoms with Gasteiger partial charge >= 0.3 is 0 Å². The fraction of sp³-hybridized carbons (Fsp3) is 0.917. The van der Waals surface area contributed by atoms with Crippen LogP contribution in [0.5, 0.6) is 0 Å². The smallest absolute Gasteiger partial charge is 0.0274 e. The van der Waals surface area contributed by atoms with E-state index in [1.165, 1.54) is 44.9 Å². The third-order valence-electron chi connectivity index (χ3n) is 3.88. The number of hydrogen-bond donors (Lipinski definition) is 0. The van der Waals surface area contributed by atoms with E-state index >= 15 is 0 Å². The van der Waals surface area contributed by atoms with Crippen molar-refractivity contribution < 1.29 is 0 Å². The largest absolute Gasteiger partial charge is 0.0648 e. The highest BCUT2D eigenvalue weighted by Gasteiger charge is 2.31. The molecule has 0 N–H and O–H groups in total. The van der Waals surface area contributed by atoms with Gasteiger partial charge in [0.2, 0.25) is 0 Å². The van der Waals surface area contributed by atoms with Gasteiger partial charge in [-0.2, -0.15) is 0 Å². The van der Waals surface area contributed by atoms with E-state index in [2.05, 4.69) is 20.8 Å². The van der Waals surface area contributed by atoms with Crippen molar-refractivity contribution in [2.75, 3.05) is 0 Å². The summed E-state index contributed by atoms with van der Waals surface area (Å²) in [5.74, 6) is 0.918. The van der Waals surface area contributed by atoms with Gasteiger partial charge in [-0.15, -0.1) is 0 Å². The Morgan fingerprint density at radius 3 is 2.00 bits per heavy atom. The summed E-state index contributed by atoms with van der Waals surface area (Å²) in [4.78, 5) is 0. The Hall–Kier alpha value is 0. The molecule has 0 aromatic rings. The molecule has 0 bridgehead atoms. The van der Waals surface area contributed by atoms with Crippen LogP contribution in [-0.4, -0.2) is 0 Å². The van der Waals surface area contributed by atoms with Gasteiger partial charge in [-0.25, -0.2) is 0 Å². The molecule has 1 radical (unpaired) electrons. The maximum atomic E-state index is 4.43. The van der Waals surface area contributed by atoms with Crippen molar-refractivity contribution in [3.05, 3.63) is 6.92 Å². The van der Waals surface area contributed by atoms with Crippen molar-refractivity contribution in [2.24, 2.45) is 11.3 Å². The van der Waals surface area contributed by atoms with Crippen LogP contribution < -0.4 is 0 Å². The average molecular weight is 167 g/mol. The fourth-order valence-corrected chi connectivity index (χ4v) is 2.54. The molecule has 0 heteroatoms. The second kappa shape index (κ2) is 4.30. The van der Waals surface area contributed by atoms with Gasteiger partial charge in [0.15, 0.2) is 0 Å². The lowest BCUT2D eigenvalue weighted by Gasteiger charge is -2.38. The molecule has 1 aliphatic rings. The van der Waals surface area contributed by atoms with E-state index in [1.807, 2.05) is 0 Å². The van der Waals surface area contributed by atoms with Gasteiger partial charge in [-0.3, -0.25) is 0 Å². The molecule has 0 unspecified atom stereocenters. The maximum Gasteiger partial charge on any atom is -0.0274 e. The van der Waals surface area contributed by atoms with Crippen molar-refractivity contribution in [3.8, 4) is 0 Å². The second-order valence-corrected chi connectivity index (χ2v) is 4.40. The van der Waals surface area contributed by atoms with E-state index in [-0.39, 0.29) is 0 Å². The van der Waals surface area contributed by atoms with Gasteiger partial charge in [-0.1, -0.05) is 46.0 Å². The first-order valence-corrected chi connectivity index (χ1v) is 5.58. The molecule has 12 heavy (non-hydrogen) atoms. The Labute approximate surface area is 77.7 Å². The molecule has 0 atom stereocenters. The predicted molar refractivity (Wildman–Crippen MR) is 54.9 cm³/mol. The Bertz CT molecular complexity index is 116. The zero-order valence-electron chi connectivity index (χ0n) is 8.73. The van der Waals surface area contributed by atoms with Gasteiger partial charge < -0.3 is 0 Å². The van der Waals surface area contributed by atoms with Crippen LogP contribution in [0.15, 0.2) is 0 Å². The molecule has 0 aromatic heterocycles. The third kappa shape index (κ3) is 2.02. The maximum absolute atomic E-state index is 4.43. The highest BCUT2D eigenvalue weighted by atomic mass is 14.4. The Morgan fingerprint density at radius 1 is 1.08 bits per heavy atom. The molecule has 1 aliphatic carbocycles. The minimum absolute atomic E-state index is 0.403. The summed E-state index contributed by atoms with van der Waals surface area (Å²) in [6, 6.07) is 0. The normalized spacial score (nSPS) is 21.2. The summed E-state index contributed by atoms with van der Waals surface area (Å²) in [7, 11) is 0. The van der Waals surface area contributed by atoms with Gasteiger partial charge in [0.1, 0.15) is 0 Å². The van der Waals surface area contributed by atoms with Gasteiger partial charge in [0, 0.05) is 0 Å². The molecule has 0 aliphatic heterocycles. The number of rotatable bonds is 3. The van der Waals surface area contributed by atoms with Gasteiger partial charge in [-0.05, 0) is 31.1 Å². The highest BCUT2D eigenvalue weighted by molar-refractivity contribution is 4.87. The Balaban J connectivity index is 2.51. The molecule has 1 rings (SSSR count). The highest BCUT2D eigenvalue weighted by Crippen LogP contribution is 2.42. The first kappa shape index (κ1) is 10.1. The topological polar surface area (TPSA) is 0 Å². The summed E-state index contributed by atoms with van der Waals surface area (Å²) in [6.45, 7) is 9.02. The van der Waals surface area contributed by atoms with Crippen molar-refractivity contribution in [1.29, 1.82) is 0 Å². The molecule has 0 amide bonds. The third-order valence-corrected chi connectivity index (χ3v) is 3.88. The van der Waals surface area contributed by atoms with Gasteiger partial charge in [0.05, 0.1) is 0 Å². The van der Waals surface area contributed by atoms with E-state index < -0.39 is 0 Å². The molecular formula is C12H23. The van der Waals surface area contributed by atoms with Crippen LogP contribution in [-0.2, 0) is 0 Å². The second-order valence-electron chi connectivity index (χ2n) is 4.40. The van der Waals surface area contributed by atoms with Crippen LogP contribution in [0, 0.1) is 18.3 Å². The molecule has 0 nitrogen and oxygen atoms in total. The van der Waals surface area contributed by atoms with Crippen LogP contribution in [0.2, 0.25) is 0 Å². The lowest BCUT2D eigenvalue weighted by atomic mass is 9.67. The molecule has 71 valence electrons. The van der Waals surface area contributed by atoms with Crippen LogP contribution in [0.3, 0.4) is 0 Å². The Kier molecular flexibility index (Phi) is 3.61. The average Bonchev–Trinajstić information content (AvgIpc) is 2.18. The fourth-order valence-electron chi connectivity index (χ4n) is 2.54. The lowest BCUT2D eigenvalue weighted by Crippen LogP contribution is -2.28. The van der Waals surface area contributed by atoms with Crippen LogP contribution in [0.1, 0.15) is 58.8 Å². The van der Waals surface area contributed by atoms with Gasteiger partial charge in [0.25, 0.3) is 0 Å². The predicted octanol–water partition coefficient (Wildman–Crippen LogP) is 4.21. The van der Waals surface area contributed by atoms with Crippen molar-refractivity contribution in [3.63, 3.8) is 0 Å². The minimum Gasteiger partial charge on any atom is -0.0648 e. The molecule has 1 saturated carbocycles. The summed E-state index contributed by atoms with van der Waals surface area (Å²) < 4.78 is 0. The van der Waals surface area contributed by atoms with Crippen LogP contribution >= 0.6 is 0 Å². The van der Waals surface area contributed by atoms with Crippen molar-refractivity contribution in [1.82, 2.24) is 0 Å². The summed E-state index contributed by atoms with van der Waals surface area (Å²) in [6.07, 6.45) is 9.74. The minimum atomic E-state index is 0.403. The molecule has 1 fully saturated rings. The summed E-state index contributed by atoms with van der Waals surface area (Å²) in [5, 5.41) is 0. The SMILES string of the molecule is [CH2]C(CC)(CC)C1CCCCC1.